The summed E-state index contributed by atoms with van der Waals surface area (Å²) >= 11 is 1.58. The van der Waals surface area contributed by atoms with E-state index in [0.29, 0.717) is 34.3 Å². The van der Waals surface area contributed by atoms with E-state index in [1.165, 1.54) is 0 Å². The zero-order chi connectivity index (χ0) is 21.1. The SMILES string of the molecule is COc1ccc(Oc2c(-c3ccccc3C#N)sc3ccccc23)c(OC)c1OC. The predicted octanol–water partition coefficient (Wildman–Crippen LogP) is 6.26. The highest BCUT2D eigenvalue weighted by atomic mass is 32.1. The van der Waals surface area contributed by atoms with Gasteiger partial charge in [-0.05, 0) is 30.3 Å². The van der Waals surface area contributed by atoms with Gasteiger partial charge in [0.1, 0.15) is 0 Å². The summed E-state index contributed by atoms with van der Waals surface area (Å²) in [5.41, 5.74) is 1.42. The molecule has 0 spiro atoms. The van der Waals surface area contributed by atoms with Gasteiger partial charge in [-0.3, -0.25) is 0 Å². The van der Waals surface area contributed by atoms with Crippen molar-refractivity contribution in [3.05, 3.63) is 66.2 Å². The van der Waals surface area contributed by atoms with Crippen LogP contribution in [0.5, 0.6) is 28.7 Å². The Morgan fingerprint density at radius 2 is 1.40 bits per heavy atom. The van der Waals surface area contributed by atoms with Crippen LogP contribution in [-0.4, -0.2) is 21.3 Å². The molecule has 5 nitrogen and oxygen atoms in total. The van der Waals surface area contributed by atoms with E-state index in [2.05, 4.69) is 6.07 Å². The van der Waals surface area contributed by atoms with E-state index >= 15 is 0 Å². The molecule has 1 heterocycles. The van der Waals surface area contributed by atoms with Crippen molar-refractivity contribution in [1.82, 2.24) is 0 Å². The van der Waals surface area contributed by atoms with Crippen molar-refractivity contribution in [2.24, 2.45) is 0 Å². The highest BCUT2D eigenvalue weighted by Gasteiger charge is 2.22. The number of methoxy groups -OCH3 is 3. The van der Waals surface area contributed by atoms with Gasteiger partial charge in [-0.2, -0.15) is 5.26 Å². The summed E-state index contributed by atoms with van der Waals surface area (Å²) in [4.78, 5) is 0.880. The minimum absolute atomic E-state index is 0.437. The van der Waals surface area contributed by atoms with Crippen LogP contribution in [0.1, 0.15) is 5.56 Å². The highest BCUT2D eigenvalue weighted by Crippen LogP contribution is 2.51. The largest absolute Gasteiger partial charge is 0.493 e. The maximum atomic E-state index is 9.61. The van der Waals surface area contributed by atoms with Crippen LogP contribution in [0.25, 0.3) is 20.5 Å². The van der Waals surface area contributed by atoms with Gasteiger partial charge >= 0.3 is 0 Å². The quantitative estimate of drug-likeness (QED) is 0.371. The predicted molar refractivity (Wildman–Crippen MR) is 118 cm³/mol. The topological polar surface area (TPSA) is 60.7 Å². The summed E-state index contributed by atoms with van der Waals surface area (Å²) in [6, 6.07) is 21.3. The lowest BCUT2D eigenvalue weighted by molar-refractivity contribution is 0.313. The first-order valence-corrected chi connectivity index (χ1v) is 10.0. The van der Waals surface area contributed by atoms with Gasteiger partial charge in [0.15, 0.2) is 17.2 Å². The molecule has 0 saturated carbocycles. The summed E-state index contributed by atoms with van der Waals surface area (Å²) in [5, 5.41) is 10.6. The zero-order valence-electron chi connectivity index (χ0n) is 16.8. The van der Waals surface area contributed by atoms with Crippen molar-refractivity contribution in [3.63, 3.8) is 0 Å². The summed E-state index contributed by atoms with van der Waals surface area (Å²) in [6.07, 6.45) is 0. The third kappa shape index (κ3) is 3.30. The van der Waals surface area contributed by atoms with Gasteiger partial charge in [0.2, 0.25) is 11.5 Å². The van der Waals surface area contributed by atoms with Crippen LogP contribution in [0, 0.1) is 11.3 Å². The van der Waals surface area contributed by atoms with Crippen molar-refractivity contribution in [3.8, 4) is 45.3 Å². The van der Waals surface area contributed by atoms with E-state index < -0.39 is 0 Å². The van der Waals surface area contributed by atoms with Crippen molar-refractivity contribution in [2.45, 2.75) is 0 Å². The van der Waals surface area contributed by atoms with E-state index in [1.807, 2.05) is 42.5 Å². The Balaban J connectivity index is 1.93. The Kier molecular flexibility index (Phi) is 5.46. The van der Waals surface area contributed by atoms with Gasteiger partial charge in [-0.25, -0.2) is 0 Å². The number of hydrogen-bond acceptors (Lipinski definition) is 6. The normalized spacial score (nSPS) is 10.5. The molecule has 4 aromatic rings. The lowest BCUT2D eigenvalue weighted by Crippen LogP contribution is -1.97. The van der Waals surface area contributed by atoms with Crippen LogP contribution in [0.15, 0.2) is 60.7 Å². The molecular weight excluding hydrogens is 398 g/mol. The van der Waals surface area contributed by atoms with Crippen molar-refractivity contribution < 1.29 is 18.9 Å². The fourth-order valence-electron chi connectivity index (χ4n) is 3.34. The fraction of sp³-hybridized carbons (Fsp3) is 0.125. The second kappa shape index (κ2) is 8.36. The highest BCUT2D eigenvalue weighted by molar-refractivity contribution is 7.22. The summed E-state index contributed by atoms with van der Waals surface area (Å²) < 4.78 is 23.9. The summed E-state index contributed by atoms with van der Waals surface area (Å²) in [5.74, 6) is 2.60. The smallest absolute Gasteiger partial charge is 0.207 e. The molecule has 0 radical (unpaired) electrons. The van der Waals surface area contributed by atoms with Gasteiger partial charge in [-0.15, -0.1) is 11.3 Å². The maximum absolute atomic E-state index is 9.61. The Morgan fingerprint density at radius 3 is 2.13 bits per heavy atom. The first-order chi connectivity index (χ1) is 14.7. The van der Waals surface area contributed by atoms with Crippen LogP contribution >= 0.6 is 11.3 Å². The van der Waals surface area contributed by atoms with E-state index in [4.69, 9.17) is 18.9 Å². The molecule has 0 N–H and O–H groups in total. The second-order valence-corrected chi connectivity index (χ2v) is 7.40. The number of fused-ring (bicyclic) bond motifs is 1. The number of nitrogens with zero attached hydrogens (tertiary/aromatic N) is 1. The molecule has 0 aliphatic carbocycles. The summed E-state index contributed by atoms with van der Waals surface area (Å²) in [7, 11) is 4.68. The van der Waals surface area contributed by atoms with E-state index in [1.54, 1.807) is 50.9 Å². The minimum atomic E-state index is 0.437. The molecule has 0 amide bonds. The number of benzene rings is 3. The van der Waals surface area contributed by atoms with Gasteiger partial charge in [-0.1, -0.05) is 30.3 Å². The number of rotatable bonds is 6. The Hall–Kier alpha value is -3.69. The molecule has 0 aliphatic heterocycles. The van der Waals surface area contributed by atoms with E-state index in [-0.39, 0.29) is 0 Å². The number of thiophene rings is 1. The average Bonchev–Trinajstić information content (AvgIpc) is 3.16. The molecule has 30 heavy (non-hydrogen) atoms. The molecule has 0 fully saturated rings. The fourth-order valence-corrected chi connectivity index (χ4v) is 4.51. The van der Waals surface area contributed by atoms with Crippen LogP contribution in [0.4, 0.5) is 0 Å². The van der Waals surface area contributed by atoms with Crippen LogP contribution in [-0.2, 0) is 0 Å². The van der Waals surface area contributed by atoms with Crippen LogP contribution in [0.2, 0.25) is 0 Å². The standard InChI is InChI=1S/C24H19NO4S/c1-26-18-12-13-19(23(28-3)22(18)27-2)29-21-17-10-6-7-11-20(17)30-24(21)16-9-5-4-8-15(16)14-25/h4-13H,1-3H3. The molecular formula is C24H19NO4S. The van der Waals surface area contributed by atoms with E-state index in [0.717, 1.165) is 20.5 Å². The molecule has 4 rings (SSSR count). The van der Waals surface area contributed by atoms with Crippen LogP contribution in [0.3, 0.4) is 0 Å². The van der Waals surface area contributed by atoms with Crippen molar-refractivity contribution >= 4 is 21.4 Å². The van der Waals surface area contributed by atoms with Crippen LogP contribution < -0.4 is 18.9 Å². The third-order valence-electron chi connectivity index (χ3n) is 4.72. The van der Waals surface area contributed by atoms with Gasteiger partial charge in [0.05, 0.1) is 37.8 Å². The Morgan fingerprint density at radius 1 is 0.733 bits per heavy atom. The zero-order valence-corrected chi connectivity index (χ0v) is 17.6. The van der Waals surface area contributed by atoms with Gasteiger partial charge < -0.3 is 18.9 Å². The third-order valence-corrected chi connectivity index (χ3v) is 5.91. The molecule has 0 atom stereocenters. The number of nitriles is 1. The first-order valence-electron chi connectivity index (χ1n) is 9.19. The molecule has 0 saturated heterocycles. The number of hydrogen-bond donors (Lipinski definition) is 0. The number of ether oxygens (including phenoxy) is 4. The lowest BCUT2D eigenvalue weighted by atomic mass is 10.1. The minimum Gasteiger partial charge on any atom is -0.493 e. The Labute approximate surface area is 178 Å². The molecule has 0 bridgehead atoms. The van der Waals surface area contributed by atoms with E-state index in [9.17, 15) is 5.26 Å². The first kappa shape index (κ1) is 19.6. The van der Waals surface area contributed by atoms with Crippen molar-refractivity contribution in [2.75, 3.05) is 21.3 Å². The van der Waals surface area contributed by atoms with Gasteiger partial charge in [0, 0.05) is 15.6 Å². The molecule has 0 aliphatic rings. The van der Waals surface area contributed by atoms with Crippen molar-refractivity contribution in [1.29, 1.82) is 5.26 Å². The second-order valence-electron chi connectivity index (χ2n) is 6.35. The lowest BCUT2D eigenvalue weighted by Gasteiger charge is -2.16. The molecule has 0 unspecified atom stereocenters. The summed E-state index contributed by atoms with van der Waals surface area (Å²) in [6.45, 7) is 0. The Bertz CT molecular complexity index is 1260. The average molecular weight is 417 g/mol. The molecule has 1 aromatic heterocycles. The van der Waals surface area contributed by atoms with Gasteiger partial charge in [0.25, 0.3) is 0 Å². The molecule has 3 aromatic carbocycles. The molecule has 150 valence electrons. The molecule has 6 heteroatoms. The monoisotopic (exact) mass is 417 g/mol. The maximum Gasteiger partial charge on any atom is 0.207 e.